The average molecular weight is 719 g/mol. The van der Waals surface area contributed by atoms with Gasteiger partial charge in [0.2, 0.25) is 0 Å². The summed E-state index contributed by atoms with van der Waals surface area (Å²) in [6, 6.07) is 8.11. The van der Waals surface area contributed by atoms with Crippen molar-refractivity contribution in [2.75, 3.05) is 44.8 Å². The maximum Gasteiger partial charge on any atom is 0.337 e. The molecule has 0 radical (unpaired) electrons. The van der Waals surface area contributed by atoms with E-state index in [1.54, 1.807) is 0 Å². The smallest absolute Gasteiger partial charge is 0.337 e. The van der Waals surface area contributed by atoms with Crippen molar-refractivity contribution < 1.29 is 17.9 Å². The first-order valence-corrected chi connectivity index (χ1v) is 22.1. The average Bonchev–Trinajstić information content (AvgIpc) is 3.47. The van der Waals surface area contributed by atoms with E-state index in [2.05, 4.69) is 76.5 Å². The second kappa shape index (κ2) is 13.1. The van der Waals surface area contributed by atoms with E-state index >= 15 is 0 Å². The zero-order valence-corrected chi connectivity index (χ0v) is 33.6. The molecule has 0 bridgehead atoms. The zero-order valence-electron chi connectivity index (χ0n) is 32.8. The van der Waals surface area contributed by atoms with Crippen LogP contribution in [-0.4, -0.2) is 69.6 Å². The van der Waals surface area contributed by atoms with Crippen LogP contribution in [0, 0.1) is 51.2 Å². The summed E-state index contributed by atoms with van der Waals surface area (Å²) < 4.78 is 28.9. The SMILES string of the molecule is C=C(C)[C@@H]1CC[C@]2(NCCCN3CCS(=O)(=O)CC3)CC[C@]3(C)[C@H](CC[C@@H]4[C@@]5(C)CC=C(c6ccc(C(=O)OC)cc6)C(C)(C)[C@@H]5CC[C@]43C)[C@@H]12. The van der Waals surface area contributed by atoms with E-state index < -0.39 is 9.84 Å². The van der Waals surface area contributed by atoms with Crippen LogP contribution in [0.5, 0.6) is 0 Å². The maximum atomic E-state index is 12.1. The molecule has 1 aromatic rings. The lowest BCUT2D eigenvalue weighted by atomic mass is 9.33. The van der Waals surface area contributed by atoms with Crippen LogP contribution in [0.4, 0.5) is 0 Å². The van der Waals surface area contributed by atoms with Crippen molar-refractivity contribution in [3.63, 3.8) is 0 Å². The number of ether oxygens (including phenoxy) is 1. The number of methoxy groups -OCH3 is 1. The summed E-state index contributed by atoms with van der Waals surface area (Å²) in [5.41, 5.74) is 5.77. The van der Waals surface area contributed by atoms with Crippen LogP contribution < -0.4 is 5.32 Å². The van der Waals surface area contributed by atoms with Crippen molar-refractivity contribution in [1.29, 1.82) is 0 Å². The van der Waals surface area contributed by atoms with Gasteiger partial charge in [-0.1, -0.05) is 65.0 Å². The molecule has 0 unspecified atom stereocenters. The highest BCUT2D eigenvalue weighted by atomic mass is 32.2. The van der Waals surface area contributed by atoms with Gasteiger partial charge < -0.3 is 15.0 Å². The highest BCUT2D eigenvalue weighted by Gasteiger charge is 2.70. The van der Waals surface area contributed by atoms with Crippen molar-refractivity contribution in [3.8, 4) is 0 Å². The molecule has 1 aromatic carbocycles. The van der Waals surface area contributed by atoms with Gasteiger partial charge in [0.15, 0.2) is 9.84 Å². The summed E-state index contributed by atoms with van der Waals surface area (Å²) in [4.78, 5) is 14.5. The fourth-order valence-corrected chi connectivity index (χ4v) is 15.3. The third kappa shape index (κ3) is 5.93. The molecule has 4 saturated carbocycles. The monoisotopic (exact) mass is 718 g/mol. The second-order valence-corrected chi connectivity index (χ2v) is 21.5. The van der Waals surface area contributed by atoms with Crippen molar-refractivity contribution in [1.82, 2.24) is 10.2 Å². The van der Waals surface area contributed by atoms with Crippen LogP contribution in [0.2, 0.25) is 0 Å². The van der Waals surface area contributed by atoms with Gasteiger partial charge in [0.05, 0.1) is 24.2 Å². The van der Waals surface area contributed by atoms with E-state index in [4.69, 9.17) is 4.74 Å². The number of rotatable bonds is 8. The van der Waals surface area contributed by atoms with Crippen LogP contribution in [0.1, 0.15) is 122 Å². The molecule has 0 spiro atoms. The predicted octanol–water partition coefficient (Wildman–Crippen LogP) is 8.59. The molecular formula is C44H66N2O4S. The normalized spacial score (nSPS) is 41.3. The molecule has 6 nitrogen and oxygen atoms in total. The second-order valence-electron chi connectivity index (χ2n) is 19.2. The molecule has 0 aromatic heterocycles. The number of carbonyl (C=O) groups excluding carboxylic acids is 1. The van der Waals surface area contributed by atoms with Crippen LogP contribution >= 0.6 is 0 Å². The lowest BCUT2D eigenvalue weighted by molar-refractivity contribution is -0.219. The highest BCUT2D eigenvalue weighted by Crippen LogP contribution is 2.76. The predicted molar refractivity (Wildman–Crippen MR) is 208 cm³/mol. The third-order valence-corrected chi connectivity index (χ3v) is 18.4. The lowest BCUT2D eigenvalue weighted by Crippen LogP contribution is -2.68. The van der Waals surface area contributed by atoms with E-state index in [1.807, 2.05) is 12.1 Å². The van der Waals surface area contributed by atoms with Crippen LogP contribution in [0.25, 0.3) is 5.57 Å². The summed E-state index contributed by atoms with van der Waals surface area (Å²) in [6.07, 6.45) is 15.1. The molecule has 1 heterocycles. The zero-order chi connectivity index (χ0) is 36.6. The Kier molecular flexibility index (Phi) is 9.60. The Morgan fingerprint density at radius 1 is 0.922 bits per heavy atom. The summed E-state index contributed by atoms with van der Waals surface area (Å²) in [6.45, 7) is 23.4. The van der Waals surface area contributed by atoms with Crippen molar-refractivity contribution >= 4 is 21.4 Å². The molecule has 9 atom stereocenters. The number of esters is 1. The van der Waals surface area contributed by atoms with Gasteiger partial charge in [0.1, 0.15) is 0 Å². The molecule has 1 N–H and O–H groups in total. The minimum Gasteiger partial charge on any atom is -0.465 e. The van der Waals surface area contributed by atoms with E-state index in [0.717, 1.165) is 25.9 Å². The summed E-state index contributed by atoms with van der Waals surface area (Å²) in [5, 5.41) is 4.25. The Balaban J connectivity index is 1.12. The molecule has 5 aliphatic carbocycles. The highest BCUT2D eigenvalue weighted by molar-refractivity contribution is 7.91. The third-order valence-electron chi connectivity index (χ3n) is 16.8. The molecule has 1 saturated heterocycles. The van der Waals surface area contributed by atoms with Crippen LogP contribution in [-0.2, 0) is 14.6 Å². The first-order valence-electron chi connectivity index (χ1n) is 20.2. The number of nitrogens with zero attached hydrogens (tertiary/aromatic N) is 1. The molecule has 5 fully saturated rings. The largest absolute Gasteiger partial charge is 0.465 e. The number of benzene rings is 1. The quantitative estimate of drug-likeness (QED) is 0.165. The Hall–Kier alpha value is -1.96. The number of hydrogen-bond donors (Lipinski definition) is 1. The molecule has 0 amide bonds. The minimum atomic E-state index is -2.84. The Labute approximate surface area is 309 Å². The van der Waals surface area contributed by atoms with Gasteiger partial charge in [-0.15, -0.1) is 0 Å². The van der Waals surface area contributed by atoms with Gasteiger partial charge in [0.25, 0.3) is 0 Å². The molecule has 7 rings (SSSR count). The van der Waals surface area contributed by atoms with Gasteiger partial charge in [-0.25, -0.2) is 13.2 Å². The number of hydrogen-bond acceptors (Lipinski definition) is 6. The van der Waals surface area contributed by atoms with Gasteiger partial charge in [-0.05, 0) is 159 Å². The van der Waals surface area contributed by atoms with Crippen molar-refractivity contribution in [2.45, 2.75) is 111 Å². The number of sulfone groups is 1. The van der Waals surface area contributed by atoms with Gasteiger partial charge in [0, 0.05) is 18.6 Å². The van der Waals surface area contributed by atoms with E-state index in [1.165, 1.54) is 75.2 Å². The molecule has 51 heavy (non-hydrogen) atoms. The molecule has 282 valence electrons. The molecule has 7 heteroatoms. The van der Waals surface area contributed by atoms with E-state index in [9.17, 15) is 13.2 Å². The fourth-order valence-electron chi connectivity index (χ4n) is 14.1. The topological polar surface area (TPSA) is 75.7 Å². The molecule has 6 aliphatic rings. The van der Waals surface area contributed by atoms with Crippen LogP contribution in [0.3, 0.4) is 0 Å². The molecule has 1 aliphatic heterocycles. The van der Waals surface area contributed by atoms with Crippen LogP contribution in [0.15, 0.2) is 42.5 Å². The van der Waals surface area contributed by atoms with Gasteiger partial charge in [-0.2, -0.15) is 0 Å². The van der Waals surface area contributed by atoms with Gasteiger partial charge >= 0.3 is 5.97 Å². The standard InChI is InChI=1S/C44H66N2O4S/c1-30(2)33-16-21-44(45-24-9-25-46-26-28-51(48,49)29-27-46)23-22-42(6)35(38(33)44)14-15-37-41(5)19-17-34(31-10-12-32(13-11-31)39(47)50-8)40(3,4)36(41)18-20-43(37,42)7/h10-13,17,33,35-38,45H,1,9,14-16,18-29H2,2-8H3/t33-,35+,36-,37+,38+,41-,42+,43+,44-/m0/s1. The summed E-state index contributed by atoms with van der Waals surface area (Å²) >= 11 is 0. The Morgan fingerprint density at radius 3 is 2.29 bits per heavy atom. The minimum absolute atomic E-state index is 0.0451. The van der Waals surface area contributed by atoms with Crippen molar-refractivity contribution in [2.24, 2.45) is 51.2 Å². The van der Waals surface area contributed by atoms with Gasteiger partial charge in [-0.3, -0.25) is 0 Å². The Bertz CT molecular complexity index is 1650. The number of allylic oxidation sites excluding steroid dienone is 3. The first kappa shape index (κ1) is 37.4. The lowest BCUT2D eigenvalue weighted by Gasteiger charge is -2.72. The van der Waals surface area contributed by atoms with E-state index in [-0.39, 0.29) is 22.3 Å². The maximum absolute atomic E-state index is 12.1. The number of carbonyl (C=O) groups is 1. The summed E-state index contributed by atoms with van der Waals surface area (Å²) in [5.74, 6) is 3.59. The fraction of sp³-hybridized carbons (Fsp3) is 0.750. The Morgan fingerprint density at radius 2 is 1.63 bits per heavy atom. The van der Waals surface area contributed by atoms with E-state index in [0.29, 0.717) is 70.6 Å². The first-order chi connectivity index (χ1) is 24.0. The summed E-state index contributed by atoms with van der Waals surface area (Å²) in [7, 11) is -1.39. The number of nitrogens with one attached hydrogen (secondary N) is 1. The number of fused-ring (bicyclic) bond motifs is 7. The molecular weight excluding hydrogens is 653 g/mol. The van der Waals surface area contributed by atoms with Crippen molar-refractivity contribution in [3.05, 3.63) is 53.6 Å².